The second kappa shape index (κ2) is 14.6. The molecule has 0 bridgehead atoms. The molecule has 4 nitrogen and oxygen atoms in total. The number of alkyl halides is 6. The number of aromatic carboxylic acids is 1. The lowest BCUT2D eigenvalue weighted by Crippen LogP contribution is -2.38. The maximum atomic E-state index is 13.6. The van der Waals surface area contributed by atoms with Crippen molar-refractivity contribution in [2.45, 2.75) is 55.1 Å². The number of benzene rings is 3. The number of carboxylic acid groups (broad SMARTS) is 1. The number of rotatable bonds is 7. The second-order valence-corrected chi connectivity index (χ2v) is 12.0. The van der Waals surface area contributed by atoms with Gasteiger partial charge in [-0.25, -0.2) is 9.18 Å². The molecule has 12 heteroatoms. The van der Waals surface area contributed by atoms with Gasteiger partial charge in [0.25, 0.3) is 0 Å². The maximum absolute atomic E-state index is 13.6. The van der Waals surface area contributed by atoms with Gasteiger partial charge in [0, 0.05) is 30.4 Å². The average molecular weight is 670 g/mol. The number of hydrogen-bond donors (Lipinski definition) is 2. The summed E-state index contributed by atoms with van der Waals surface area (Å²) in [5.41, 5.74) is -1.82. The molecule has 0 spiro atoms. The van der Waals surface area contributed by atoms with Crippen LogP contribution in [-0.2, 0) is 17.1 Å². The summed E-state index contributed by atoms with van der Waals surface area (Å²) in [6, 6.07) is 14.2. The molecule has 1 heterocycles. The van der Waals surface area contributed by atoms with Gasteiger partial charge in [-0.3, -0.25) is 4.90 Å². The van der Waals surface area contributed by atoms with Gasteiger partial charge in [-0.05, 0) is 85.2 Å². The first-order chi connectivity index (χ1) is 21.6. The summed E-state index contributed by atoms with van der Waals surface area (Å²) < 4.78 is 100. The molecule has 46 heavy (non-hydrogen) atoms. The van der Waals surface area contributed by atoms with E-state index >= 15 is 0 Å². The van der Waals surface area contributed by atoms with Crippen LogP contribution in [0.15, 0.2) is 84.3 Å². The largest absolute Gasteiger partial charge is 0.478 e. The Morgan fingerprint density at radius 2 is 1.61 bits per heavy atom. The number of hydrogen-bond acceptors (Lipinski definition) is 4. The van der Waals surface area contributed by atoms with E-state index in [-0.39, 0.29) is 34.8 Å². The fourth-order valence-corrected chi connectivity index (χ4v) is 6.63. The highest BCUT2D eigenvalue weighted by Gasteiger charge is 2.46. The van der Waals surface area contributed by atoms with Crippen molar-refractivity contribution in [3.8, 4) is 0 Å². The van der Waals surface area contributed by atoms with E-state index in [4.69, 9.17) is 9.84 Å². The summed E-state index contributed by atoms with van der Waals surface area (Å²) in [4.78, 5) is 13.1. The molecule has 1 saturated carbocycles. The van der Waals surface area contributed by atoms with E-state index in [2.05, 4.69) is 24.1 Å². The number of likely N-dealkylation sites (tertiary alicyclic amines) is 1. The first-order valence-electron chi connectivity index (χ1n) is 14.6. The molecule has 1 saturated heterocycles. The number of ether oxygens (including phenoxy) is 1. The minimum absolute atomic E-state index is 0.121. The van der Waals surface area contributed by atoms with Gasteiger partial charge in [0.15, 0.2) is 0 Å². The molecule has 1 aliphatic heterocycles. The molecule has 1 aliphatic carbocycles. The minimum atomic E-state index is -4.93. The highest BCUT2D eigenvalue weighted by atomic mass is 32.1. The smallest absolute Gasteiger partial charge is 0.416 e. The third kappa shape index (κ3) is 8.71. The van der Waals surface area contributed by atoms with E-state index < -0.39 is 41.7 Å². The van der Waals surface area contributed by atoms with Crippen LogP contribution in [0.25, 0.3) is 0 Å². The van der Waals surface area contributed by atoms with E-state index in [1.165, 1.54) is 25.1 Å². The van der Waals surface area contributed by atoms with Crippen molar-refractivity contribution in [1.29, 1.82) is 0 Å². The number of thiol groups is 1. The number of halogens is 7. The summed E-state index contributed by atoms with van der Waals surface area (Å²) in [5.74, 6) is -0.977. The number of fused-ring (bicyclic) bond motifs is 1. The van der Waals surface area contributed by atoms with E-state index in [0.29, 0.717) is 17.2 Å². The van der Waals surface area contributed by atoms with E-state index in [0.717, 1.165) is 43.8 Å². The van der Waals surface area contributed by atoms with E-state index in [9.17, 15) is 35.5 Å². The molecule has 5 rings (SSSR count). The Bertz CT molecular complexity index is 1480. The lowest BCUT2D eigenvalue weighted by atomic mass is 9.69. The zero-order chi connectivity index (χ0) is 33.8. The molecular weight excluding hydrogens is 635 g/mol. The molecular formula is C34H34F7NO3S. The zero-order valence-corrected chi connectivity index (χ0v) is 25.8. The highest BCUT2D eigenvalue weighted by Crippen LogP contribution is 2.48. The van der Waals surface area contributed by atoms with Crippen molar-refractivity contribution in [2.24, 2.45) is 11.8 Å². The Balaban J connectivity index is 0.000000409. The standard InChI is InChI=1S/C27H28F7NO.C7H6O2S/c1-3-10-35-14-18-6-9-24(25(23(18)15-35)17-4-7-22(28)8-5-17)36-16(2)19-11-20(26(29,30)31)13-21(12-19)27(32,33)34;8-7(9)5-3-1-2-4-6(5)10/h3-5,7-8,11-13,16,18,23-25H,1,6,9-10,14-15H2,2H3;1-4,10H,(H,8,9)/t16-,18-,23-,24+,25+;/m1./s1. The van der Waals surface area contributed by atoms with Crippen molar-refractivity contribution in [3.63, 3.8) is 0 Å². The van der Waals surface area contributed by atoms with Crippen LogP contribution in [0.2, 0.25) is 0 Å². The Kier molecular flexibility index (Phi) is 11.3. The van der Waals surface area contributed by atoms with Crippen molar-refractivity contribution in [3.05, 3.63) is 113 Å². The highest BCUT2D eigenvalue weighted by molar-refractivity contribution is 7.80. The summed E-state index contributed by atoms with van der Waals surface area (Å²) in [7, 11) is 0. The Morgan fingerprint density at radius 3 is 2.13 bits per heavy atom. The zero-order valence-electron chi connectivity index (χ0n) is 24.9. The van der Waals surface area contributed by atoms with Gasteiger partial charge in [0.2, 0.25) is 0 Å². The molecule has 248 valence electrons. The first-order valence-corrected chi connectivity index (χ1v) is 15.1. The lowest BCUT2D eigenvalue weighted by Gasteiger charge is -2.41. The van der Waals surface area contributed by atoms with Crippen LogP contribution in [0.4, 0.5) is 30.7 Å². The number of nitrogens with zero attached hydrogens (tertiary/aromatic N) is 1. The van der Waals surface area contributed by atoms with Crippen LogP contribution in [0, 0.1) is 17.7 Å². The van der Waals surface area contributed by atoms with Gasteiger partial charge in [0.05, 0.1) is 28.9 Å². The number of carbonyl (C=O) groups is 1. The van der Waals surface area contributed by atoms with Crippen molar-refractivity contribution in [2.75, 3.05) is 19.6 Å². The van der Waals surface area contributed by atoms with Gasteiger partial charge in [-0.15, -0.1) is 19.2 Å². The average Bonchev–Trinajstić information content (AvgIpc) is 3.40. The molecule has 0 unspecified atom stereocenters. The van der Waals surface area contributed by atoms with Gasteiger partial charge >= 0.3 is 18.3 Å². The molecule has 3 aromatic carbocycles. The quantitative estimate of drug-likeness (QED) is 0.150. The summed E-state index contributed by atoms with van der Waals surface area (Å²) in [6.45, 7) is 7.62. The third-order valence-corrected chi connectivity index (χ3v) is 8.88. The molecule has 1 N–H and O–H groups in total. The Labute approximate surface area is 268 Å². The lowest BCUT2D eigenvalue weighted by molar-refractivity contribution is -0.143. The monoisotopic (exact) mass is 669 g/mol. The van der Waals surface area contributed by atoms with Crippen molar-refractivity contribution in [1.82, 2.24) is 4.90 Å². The number of carboxylic acids is 1. The van der Waals surface area contributed by atoms with E-state index in [1.807, 2.05) is 6.08 Å². The molecule has 0 radical (unpaired) electrons. The molecule has 2 aliphatic rings. The van der Waals surface area contributed by atoms with Crippen LogP contribution < -0.4 is 0 Å². The van der Waals surface area contributed by atoms with Crippen LogP contribution in [0.5, 0.6) is 0 Å². The van der Waals surface area contributed by atoms with Crippen LogP contribution in [0.1, 0.15) is 64.4 Å². The Hall–Kier alpha value is -3.35. The molecule has 3 aromatic rings. The van der Waals surface area contributed by atoms with Gasteiger partial charge < -0.3 is 9.84 Å². The predicted molar refractivity (Wildman–Crippen MR) is 162 cm³/mol. The predicted octanol–water partition coefficient (Wildman–Crippen LogP) is 9.29. The van der Waals surface area contributed by atoms with Gasteiger partial charge in [0.1, 0.15) is 5.82 Å². The SMILES string of the molecule is C=CCN1C[C@H]2CC[C@H](O[C@H](C)c3cc(C(F)(F)F)cc(C(F)(F)F)c3)[C@@H](c3ccc(F)cc3)[C@@H]2C1.O=C(O)c1ccccc1S. The van der Waals surface area contributed by atoms with Gasteiger partial charge in [-0.1, -0.05) is 30.3 Å². The van der Waals surface area contributed by atoms with Crippen molar-refractivity contribution >= 4 is 18.6 Å². The fraction of sp³-hybridized carbons (Fsp3) is 0.382. The van der Waals surface area contributed by atoms with Gasteiger partial charge in [-0.2, -0.15) is 26.3 Å². The second-order valence-electron chi connectivity index (χ2n) is 11.6. The molecule has 0 amide bonds. The normalized spacial score (nSPS) is 22.4. The fourth-order valence-electron chi connectivity index (χ4n) is 6.37. The van der Waals surface area contributed by atoms with Crippen LogP contribution in [0.3, 0.4) is 0 Å². The summed E-state index contributed by atoms with van der Waals surface area (Å²) >= 11 is 3.96. The van der Waals surface area contributed by atoms with Crippen LogP contribution in [-0.4, -0.2) is 41.7 Å². The van der Waals surface area contributed by atoms with E-state index in [1.54, 1.807) is 30.3 Å². The molecule has 5 atom stereocenters. The van der Waals surface area contributed by atoms with Crippen molar-refractivity contribution < 1.29 is 45.4 Å². The Morgan fingerprint density at radius 1 is 1.00 bits per heavy atom. The molecule has 0 aromatic heterocycles. The topological polar surface area (TPSA) is 49.8 Å². The summed E-state index contributed by atoms with van der Waals surface area (Å²) in [6.07, 6.45) is -8.06. The maximum Gasteiger partial charge on any atom is 0.416 e. The first kappa shape index (κ1) is 35.5. The minimum Gasteiger partial charge on any atom is -0.478 e. The summed E-state index contributed by atoms with van der Waals surface area (Å²) in [5, 5.41) is 8.52. The molecule has 2 fully saturated rings. The van der Waals surface area contributed by atoms with Crippen LogP contribution >= 0.6 is 12.6 Å². The third-order valence-electron chi connectivity index (χ3n) is 8.49.